The molecular formula is C14H17N3OS. The second-order valence-electron chi connectivity index (χ2n) is 4.82. The second-order valence-corrected chi connectivity index (χ2v) is 6.51. The van der Waals surface area contributed by atoms with Crippen molar-refractivity contribution >= 4 is 16.5 Å². The van der Waals surface area contributed by atoms with E-state index in [2.05, 4.69) is 33.7 Å². The van der Waals surface area contributed by atoms with Gasteiger partial charge in [0.2, 0.25) is 0 Å². The molecule has 1 fully saturated rings. The van der Waals surface area contributed by atoms with Gasteiger partial charge in [-0.1, -0.05) is 12.1 Å². The van der Waals surface area contributed by atoms with E-state index >= 15 is 0 Å². The Kier molecular flexibility index (Phi) is 3.64. The van der Waals surface area contributed by atoms with Crippen LogP contribution in [0.15, 0.2) is 36.5 Å². The van der Waals surface area contributed by atoms with Crippen molar-refractivity contribution in [1.82, 2.24) is 10.2 Å². The lowest BCUT2D eigenvalue weighted by molar-refractivity contribution is 0.624. The molecule has 0 spiro atoms. The van der Waals surface area contributed by atoms with E-state index in [1.165, 1.54) is 0 Å². The molecule has 0 unspecified atom stereocenters. The highest BCUT2D eigenvalue weighted by molar-refractivity contribution is 7.85. The first-order chi connectivity index (χ1) is 9.31. The number of nitrogens with zero attached hydrogens (tertiary/aromatic N) is 1. The Bertz CT molecular complexity index is 558. The maximum absolute atomic E-state index is 11.3. The van der Waals surface area contributed by atoms with Crippen LogP contribution in [0.1, 0.15) is 12.8 Å². The van der Waals surface area contributed by atoms with Gasteiger partial charge in [-0.05, 0) is 31.0 Å². The van der Waals surface area contributed by atoms with E-state index in [1.807, 2.05) is 12.1 Å². The molecule has 0 atom stereocenters. The summed E-state index contributed by atoms with van der Waals surface area (Å²) in [5.74, 6) is 1.63. The van der Waals surface area contributed by atoms with Crippen LogP contribution in [0, 0.1) is 0 Å². The summed E-state index contributed by atoms with van der Waals surface area (Å²) in [7, 11) is -0.601. The number of hydrogen-bond donors (Lipinski definition) is 2. The monoisotopic (exact) mass is 275 g/mol. The SMILES string of the molecule is O=S1CCC(Nc2cccc(-c3ccn[nH]3)c2)CC1. The minimum absolute atomic E-state index is 0.440. The lowest BCUT2D eigenvalue weighted by Crippen LogP contribution is -2.29. The fourth-order valence-corrected chi connectivity index (χ4v) is 3.67. The first-order valence-corrected chi connectivity index (χ1v) is 8.01. The van der Waals surface area contributed by atoms with Crippen LogP contribution in [-0.2, 0) is 10.8 Å². The minimum atomic E-state index is -0.601. The zero-order valence-electron chi connectivity index (χ0n) is 10.6. The number of benzene rings is 1. The van der Waals surface area contributed by atoms with Crippen molar-refractivity contribution in [3.63, 3.8) is 0 Å². The second kappa shape index (κ2) is 5.57. The Morgan fingerprint density at radius 1 is 1.26 bits per heavy atom. The molecule has 0 bridgehead atoms. The van der Waals surface area contributed by atoms with Gasteiger partial charge in [-0.2, -0.15) is 5.10 Å². The molecule has 1 aromatic carbocycles. The van der Waals surface area contributed by atoms with Gasteiger partial charge in [-0.25, -0.2) is 0 Å². The molecule has 2 heterocycles. The zero-order valence-corrected chi connectivity index (χ0v) is 11.5. The van der Waals surface area contributed by atoms with Crippen molar-refractivity contribution in [1.29, 1.82) is 0 Å². The van der Waals surface area contributed by atoms with Crippen molar-refractivity contribution in [2.45, 2.75) is 18.9 Å². The summed E-state index contributed by atoms with van der Waals surface area (Å²) in [6.07, 6.45) is 3.73. The Morgan fingerprint density at radius 2 is 2.11 bits per heavy atom. The van der Waals surface area contributed by atoms with Crippen molar-refractivity contribution in [3.05, 3.63) is 36.5 Å². The third kappa shape index (κ3) is 3.04. The highest BCUT2D eigenvalue weighted by Gasteiger charge is 2.17. The molecule has 1 aliphatic heterocycles. The number of H-pyrrole nitrogens is 1. The first kappa shape index (κ1) is 12.4. The number of aromatic amines is 1. The average Bonchev–Trinajstić information content (AvgIpc) is 2.96. The summed E-state index contributed by atoms with van der Waals surface area (Å²) >= 11 is 0. The highest BCUT2D eigenvalue weighted by atomic mass is 32.2. The van der Waals surface area contributed by atoms with Gasteiger partial charge in [-0.15, -0.1) is 0 Å². The fraction of sp³-hybridized carbons (Fsp3) is 0.357. The van der Waals surface area contributed by atoms with Gasteiger partial charge in [0.15, 0.2) is 0 Å². The van der Waals surface area contributed by atoms with Crippen molar-refractivity contribution in [3.8, 4) is 11.3 Å². The van der Waals surface area contributed by atoms with Gasteiger partial charge in [0.1, 0.15) is 0 Å². The molecule has 1 aliphatic rings. The lowest BCUT2D eigenvalue weighted by atomic mass is 10.1. The summed E-state index contributed by atoms with van der Waals surface area (Å²) in [4.78, 5) is 0. The molecule has 19 heavy (non-hydrogen) atoms. The molecule has 5 heteroatoms. The highest BCUT2D eigenvalue weighted by Crippen LogP contribution is 2.22. The Hall–Kier alpha value is -1.62. The van der Waals surface area contributed by atoms with E-state index in [0.717, 1.165) is 41.3 Å². The first-order valence-electron chi connectivity index (χ1n) is 6.52. The van der Waals surface area contributed by atoms with E-state index in [4.69, 9.17) is 0 Å². The van der Waals surface area contributed by atoms with E-state index in [1.54, 1.807) is 6.20 Å². The van der Waals surface area contributed by atoms with E-state index in [-0.39, 0.29) is 0 Å². The molecule has 1 aromatic heterocycles. The fourth-order valence-electron chi connectivity index (χ4n) is 2.37. The van der Waals surface area contributed by atoms with Gasteiger partial charge in [-0.3, -0.25) is 9.31 Å². The number of anilines is 1. The molecule has 2 aromatic rings. The normalized spacial score (nSPS) is 23.2. The summed E-state index contributed by atoms with van der Waals surface area (Å²) in [6, 6.07) is 10.7. The van der Waals surface area contributed by atoms with Crippen LogP contribution in [0.3, 0.4) is 0 Å². The molecular weight excluding hydrogens is 258 g/mol. The van der Waals surface area contributed by atoms with Crippen LogP contribution in [0.25, 0.3) is 11.3 Å². The molecule has 0 aliphatic carbocycles. The summed E-state index contributed by atoms with van der Waals surface area (Å²) < 4.78 is 11.3. The van der Waals surface area contributed by atoms with Crippen molar-refractivity contribution in [2.75, 3.05) is 16.8 Å². The summed E-state index contributed by atoms with van der Waals surface area (Å²) in [5.41, 5.74) is 3.26. The zero-order chi connectivity index (χ0) is 13.1. The molecule has 1 saturated heterocycles. The van der Waals surface area contributed by atoms with E-state index in [0.29, 0.717) is 6.04 Å². The lowest BCUT2D eigenvalue weighted by Gasteiger charge is -2.23. The summed E-state index contributed by atoms with van der Waals surface area (Å²) in [6.45, 7) is 0. The van der Waals surface area contributed by atoms with Gasteiger partial charge < -0.3 is 5.32 Å². The third-order valence-electron chi connectivity index (χ3n) is 3.43. The maximum Gasteiger partial charge on any atom is 0.0650 e. The van der Waals surface area contributed by atoms with Crippen LogP contribution in [0.2, 0.25) is 0 Å². The van der Waals surface area contributed by atoms with Crippen LogP contribution < -0.4 is 5.32 Å². The number of rotatable bonds is 3. The van der Waals surface area contributed by atoms with Gasteiger partial charge >= 0.3 is 0 Å². The van der Waals surface area contributed by atoms with Crippen LogP contribution in [0.4, 0.5) is 5.69 Å². The van der Waals surface area contributed by atoms with Gasteiger partial charge in [0.25, 0.3) is 0 Å². The number of nitrogens with one attached hydrogen (secondary N) is 2. The Balaban J connectivity index is 1.71. The standard InChI is InChI=1S/C14H17N3OS/c18-19-8-5-12(6-9-19)16-13-3-1-2-11(10-13)14-4-7-15-17-14/h1-4,7,10,12,16H,5-6,8-9H2,(H,15,17). The largest absolute Gasteiger partial charge is 0.382 e. The molecule has 0 saturated carbocycles. The molecule has 3 rings (SSSR count). The van der Waals surface area contributed by atoms with Crippen LogP contribution >= 0.6 is 0 Å². The smallest absolute Gasteiger partial charge is 0.0650 e. The topological polar surface area (TPSA) is 57.8 Å². The Morgan fingerprint density at radius 3 is 2.84 bits per heavy atom. The average molecular weight is 275 g/mol. The van der Waals surface area contributed by atoms with Crippen LogP contribution in [-0.4, -0.2) is 32.0 Å². The van der Waals surface area contributed by atoms with Crippen molar-refractivity contribution in [2.24, 2.45) is 0 Å². The summed E-state index contributed by atoms with van der Waals surface area (Å²) in [5, 5.41) is 10.5. The van der Waals surface area contributed by atoms with Gasteiger partial charge in [0.05, 0.1) is 5.69 Å². The van der Waals surface area contributed by atoms with Crippen molar-refractivity contribution < 1.29 is 4.21 Å². The molecule has 0 amide bonds. The molecule has 2 N–H and O–H groups in total. The predicted molar refractivity (Wildman–Crippen MR) is 78.5 cm³/mol. The maximum atomic E-state index is 11.3. The number of aromatic nitrogens is 2. The Labute approximate surface area is 115 Å². The predicted octanol–water partition coefficient (Wildman–Crippen LogP) is 2.40. The molecule has 0 radical (unpaired) electrons. The molecule has 4 nitrogen and oxygen atoms in total. The van der Waals surface area contributed by atoms with E-state index in [9.17, 15) is 4.21 Å². The third-order valence-corrected chi connectivity index (χ3v) is 4.82. The van der Waals surface area contributed by atoms with Gasteiger partial charge in [0, 0.05) is 45.8 Å². The molecule has 100 valence electrons. The minimum Gasteiger partial charge on any atom is -0.382 e. The number of hydrogen-bond acceptors (Lipinski definition) is 3. The van der Waals surface area contributed by atoms with Crippen LogP contribution in [0.5, 0.6) is 0 Å². The quantitative estimate of drug-likeness (QED) is 0.904. The van der Waals surface area contributed by atoms with E-state index < -0.39 is 10.8 Å².